The van der Waals surface area contributed by atoms with Crippen molar-refractivity contribution in [1.82, 2.24) is 4.90 Å². The van der Waals surface area contributed by atoms with Gasteiger partial charge in [0.15, 0.2) is 12.4 Å². The van der Waals surface area contributed by atoms with E-state index in [9.17, 15) is 24.0 Å². The van der Waals surface area contributed by atoms with Crippen LogP contribution in [0.4, 0.5) is 0 Å². The molecule has 1 aromatic heterocycles. The van der Waals surface area contributed by atoms with Crippen LogP contribution < -0.4 is 4.74 Å². The van der Waals surface area contributed by atoms with E-state index in [-0.39, 0.29) is 40.7 Å². The molecule has 2 heterocycles. The zero-order valence-corrected chi connectivity index (χ0v) is 19.4. The summed E-state index contributed by atoms with van der Waals surface area (Å²) in [7, 11) is 0. The zero-order chi connectivity index (χ0) is 25.1. The van der Waals surface area contributed by atoms with Crippen LogP contribution in [-0.4, -0.2) is 47.1 Å². The van der Waals surface area contributed by atoms with Gasteiger partial charge in [-0.15, -0.1) is 0 Å². The largest absolute Gasteiger partial charge is 0.457 e. The van der Waals surface area contributed by atoms with Crippen molar-refractivity contribution >= 4 is 29.5 Å². The average Bonchev–Trinajstić information content (AvgIpc) is 3.45. The van der Waals surface area contributed by atoms with Crippen molar-refractivity contribution in [3.8, 4) is 5.75 Å². The molecule has 9 nitrogen and oxygen atoms in total. The van der Waals surface area contributed by atoms with Crippen LogP contribution in [0.5, 0.6) is 5.75 Å². The number of allylic oxidation sites excluding steroid dienone is 2. The zero-order valence-electron chi connectivity index (χ0n) is 19.4. The van der Waals surface area contributed by atoms with Gasteiger partial charge in [0.1, 0.15) is 11.8 Å². The first-order chi connectivity index (χ1) is 17.3. The standard InChI is InChI=1S/C27H23NO8/c1-13(28-24(30)22-16-8-9-17(19-11-18(16)19)23(22)25(28)31)26(32)35-12-20(29)14-4-6-15(7-5-14)36-27(33)21-3-2-10-34-21/h2-10,13,16-19,22-23H,11-12H2,1H3. The second kappa shape index (κ2) is 8.29. The number of carbonyl (C=O) groups is 5. The van der Waals surface area contributed by atoms with Crippen LogP contribution in [0.1, 0.15) is 34.3 Å². The van der Waals surface area contributed by atoms with E-state index in [1.54, 1.807) is 6.07 Å². The Balaban J connectivity index is 1.05. The third kappa shape index (κ3) is 3.49. The predicted molar refractivity (Wildman–Crippen MR) is 121 cm³/mol. The minimum Gasteiger partial charge on any atom is -0.457 e. The van der Waals surface area contributed by atoms with Gasteiger partial charge in [0, 0.05) is 5.56 Å². The van der Waals surface area contributed by atoms with Crippen molar-refractivity contribution in [2.45, 2.75) is 19.4 Å². The fraction of sp³-hybridized carbons (Fsp3) is 0.370. The highest BCUT2D eigenvalue weighted by molar-refractivity contribution is 6.09. The van der Waals surface area contributed by atoms with Gasteiger partial charge in [-0.25, -0.2) is 9.59 Å². The molecule has 1 saturated heterocycles. The number of esters is 2. The van der Waals surface area contributed by atoms with Gasteiger partial charge in [-0.1, -0.05) is 12.2 Å². The molecule has 2 saturated carbocycles. The van der Waals surface area contributed by atoms with Crippen LogP contribution in [0, 0.1) is 35.5 Å². The van der Waals surface area contributed by atoms with Gasteiger partial charge in [0.25, 0.3) is 0 Å². The lowest BCUT2D eigenvalue weighted by molar-refractivity contribution is -0.157. The van der Waals surface area contributed by atoms with E-state index in [0.717, 1.165) is 11.3 Å². The minimum atomic E-state index is -1.11. The molecule has 1 aliphatic heterocycles. The summed E-state index contributed by atoms with van der Waals surface area (Å²) >= 11 is 0. The number of ether oxygens (including phenoxy) is 2. The lowest BCUT2D eigenvalue weighted by atomic mass is 9.63. The Labute approximate surface area is 206 Å². The van der Waals surface area contributed by atoms with Crippen LogP contribution in [0.15, 0.2) is 59.2 Å². The van der Waals surface area contributed by atoms with Crippen LogP contribution in [0.25, 0.3) is 0 Å². The van der Waals surface area contributed by atoms with E-state index in [4.69, 9.17) is 13.9 Å². The first-order valence-electron chi connectivity index (χ1n) is 12.0. The van der Waals surface area contributed by atoms with Gasteiger partial charge in [0.2, 0.25) is 17.6 Å². The SMILES string of the molecule is CC(C(=O)OCC(=O)c1ccc(OC(=O)c2ccco2)cc1)N1C(=O)C2C3C=CC(C4CC34)C2C1=O. The normalized spacial score (nSPS) is 30.0. The number of likely N-dealkylation sites (tertiary alicyclic amines) is 1. The molecule has 2 aromatic rings. The molecule has 0 radical (unpaired) electrons. The number of benzene rings is 1. The third-order valence-corrected chi connectivity index (χ3v) is 7.88. The molecule has 7 atom stereocenters. The number of imide groups is 1. The molecular formula is C27H23NO8. The van der Waals surface area contributed by atoms with Crippen LogP contribution >= 0.6 is 0 Å². The Bertz CT molecular complexity index is 1260. The van der Waals surface area contributed by atoms with Crippen molar-refractivity contribution in [3.05, 3.63) is 66.1 Å². The fourth-order valence-corrected chi connectivity index (χ4v) is 6.07. The molecule has 36 heavy (non-hydrogen) atoms. The van der Waals surface area contributed by atoms with E-state index in [1.165, 1.54) is 43.5 Å². The summed E-state index contributed by atoms with van der Waals surface area (Å²) in [5.41, 5.74) is 0.245. The molecule has 5 aliphatic rings. The quantitative estimate of drug-likeness (QED) is 0.191. The van der Waals surface area contributed by atoms with E-state index in [2.05, 4.69) is 12.2 Å². The molecule has 0 spiro atoms. The highest BCUT2D eigenvalue weighted by atomic mass is 16.5. The van der Waals surface area contributed by atoms with Crippen molar-refractivity contribution in [3.63, 3.8) is 0 Å². The lowest BCUT2D eigenvalue weighted by Crippen LogP contribution is -2.45. The Morgan fingerprint density at radius 3 is 2.22 bits per heavy atom. The van der Waals surface area contributed by atoms with Crippen LogP contribution in [0.2, 0.25) is 0 Å². The van der Waals surface area contributed by atoms with Crippen molar-refractivity contribution in [2.24, 2.45) is 35.5 Å². The molecule has 2 amide bonds. The van der Waals surface area contributed by atoms with E-state index in [1.807, 2.05) is 0 Å². The summed E-state index contributed by atoms with van der Waals surface area (Å²) in [5, 5.41) is 0. The number of rotatable bonds is 7. The van der Waals surface area contributed by atoms with Gasteiger partial charge >= 0.3 is 11.9 Å². The number of hydrogen-bond donors (Lipinski definition) is 0. The maximum Gasteiger partial charge on any atom is 0.379 e. The summed E-state index contributed by atoms with van der Waals surface area (Å²) in [6.45, 7) is 0.910. The maximum atomic E-state index is 13.1. The average molecular weight is 489 g/mol. The third-order valence-electron chi connectivity index (χ3n) is 7.88. The van der Waals surface area contributed by atoms with Crippen molar-refractivity contribution in [2.75, 3.05) is 6.61 Å². The molecular weight excluding hydrogens is 466 g/mol. The van der Waals surface area contributed by atoms with E-state index >= 15 is 0 Å². The van der Waals surface area contributed by atoms with E-state index in [0.29, 0.717) is 11.8 Å². The number of Topliss-reactive ketones (excluding diaryl/α,β-unsaturated/α-hetero) is 1. The van der Waals surface area contributed by atoms with Gasteiger partial charge in [0.05, 0.1) is 18.1 Å². The topological polar surface area (TPSA) is 120 Å². The lowest BCUT2D eigenvalue weighted by Gasteiger charge is -2.37. The summed E-state index contributed by atoms with van der Waals surface area (Å²) in [6, 6.07) is 7.68. The number of nitrogens with zero attached hydrogens (tertiary/aromatic N) is 1. The number of hydrogen-bond acceptors (Lipinski definition) is 8. The first kappa shape index (κ1) is 22.5. The second-order valence-corrected chi connectivity index (χ2v) is 9.80. The predicted octanol–water partition coefficient (Wildman–Crippen LogP) is 2.67. The molecule has 1 aromatic carbocycles. The van der Waals surface area contributed by atoms with Crippen molar-refractivity contribution in [1.29, 1.82) is 0 Å². The summed E-state index contributed by atoms with van der Waals surface area (Å²) in [6.07, 6.45) is 6.55. The Morgan fingerprint density at radius 1 is 1.00 bits per heavy atom. The number of carbonyl (C=O) groups excluding carboxylic acids is 5. The van der Waals surface area contributed by atoms with E-state index < -0.39 is 42.2 Å². The number of ketones is 1. The number of furan rings is 1. The number of amides is 2. The molecule has 184 valence electrons. The minimum absolute atomic E-state index is 0.0473. The highest BCUT2D eigenvalue weighted by Crippen LogP contribution is 2.65. The van der Waals surface area contributed by atoms with Gasteiger partial charge in [-0.05, 0) is 73.4 Å². The molecule has 4 aliphatic carbocycles. The van der Waals surface area contributed by atoms with Gasteiger partial charge in [-0.3, -0.25) is 19.3 Å². The van der Waals surface area contributed by atoms with Gasteiger partial charge in [-0.2, -0.15) is 0 Å². The molecule has 3 fully saturated rings. The van der Waals surface area contributed by atoms with Crippen LogP contribution in [-0.2, 0) is 19.1 Å². The van der Waals surface area contributed by atoms with Crippen LogP contribution in [0.3, 0.4) is 0 Å². The Hall–Kier alpha value is -4.01. The molecule has 0 N–H and O–H groups in total. The smallest absolute Gasteiger partial charge is 0.379 e. The second-order valence-electron chi connectivity index (χ2n) is 9.80. The Morgan fingerprint density at radius 2 is 1.64 bits per heavy atom. The summed E-state index contributed by atoms with van der Waals surface area (Å²) < 4.78 is 15.3. The highest BCUT2D eigenvalue weighted by Gasteiger charge is 2.67. The Kier molecular flexibility index (Phi) is 5.17. The summed E-state index contributed by atoms with van der Waals surface area (Å²) in [4.78, 5) is 64.5. The first-order valence-corrected chi connectivity index (χ1v) is 12.0. The van der Waals surface area contributed by atoms with Gasteiger partial charge < -0.3 is 13.9 Å². The molecule has 9 heteroatoms. The van der Waals surface area contributed by atoms with Crippen molar-refractivity contribution < 1.29 is 37.9 Å². The maximum absolute atomic E-state index is 13.1. The summed E-state index contributed by atoms with van der Waals surface area (Å²) in [5.74, 6) is -2.04. The molecule has 7 rings (SSSR count). The monoisotopic (exact) mass is 489 g/mol. The molecule has 7 unspecified atom stereocenters. The molecule has 2 bridgehead atoms. The fourth-order valence-electron chi connectivity index (χ4n) is 6.07.